The van der Waals surface area contributed by atoms with Gasteiger partial charge in [0.2, 0.25) is 0 Å². The van der Waals surface area contributed by atoms with E-state index in [1.54, 1.807) is 0 Å². The molecule has 1 aliphatic carbocycles. The highest BCUT2D eigenvalue weighted by atomic mass is 127. The molecule has 0 radical (unpaired) electrons. The Labute approximate surface area is 137 Å². The van der Waals surface area contributed by atoms with Crippen LogP contribution < -0.4 is 5.32 Å². The molecular weight excluding hydrogens is 377 g/mol. The maximum Gasteiger partial charge on any atom is 0.407 e. The number of alkyl carbamates (subject to hydrolysis) is 1. The van der Waals surface area contributed by atoms with Crippen LogP contribution in [0.3, 0.4) is 0 Å². The number of alkyl halides is 1. The predicted molar refractivity (Wildman–Crippen MR) is 92.0 cm³/mol. The summed E-state index contributed by atoms with van der Waals surface area (Å²) in [6.45, 7) is 1.01. The Hall–Kier alpha value is -1.56. The molecule has 2 aromatic rings. The van der Waals surface area contributed by atoms with Crippen LogP contribution in [0.5, 0.6) is 0 Å². The first-order chi connectivity index (χ1) is 10.3. The van der Waals surface area contributed by atoms with Crippen LogP contribution in [0.25, 0.3) is 11.1 Å². The number of hydrogen-bond donors (Lipinski definition) is 1. The van der Waals surface area contributed by atoms with E-state index in [1.807, 2.05) is 24.3 Å². The molecule has 108 valence electrons. The average molecular weight is 393 g/mol. The van der Waals surface area contributed by atoms with Gasteiger partial charge in [0.25, 0.3) is 0 Å². The van der Waals surface area contributed by atoms with Crippen LogP contribution in [0.15, 0.2) is 48.5 Å². The van der Waals surface area contributed by atoms with Crippen molar-refractivity contribution in [2.24, 2.45) is 0 Å². The zero-order valence-corrected chi connectivity index (χ0v) is 13.7. The van der Waals surface area contributed by atoms with Crippen molar-refractivity contribution >= 4 is 28.7 Å². The van der Waals surface area contributed by atoms with Crippen LogP contribution in [0, 0.1) is 0 Å². The molecule has 0 saturated heterocycles. The molecule has 21 heavy (non-hydrogen) atoms. The number of halogens is 1. The van der Waals surface area contributed by atoms with E-state index in [0.29, 0.717) is 13.2 Å². The number of carbonyl (C=O) groups is 1. The zero-order chi connectivity index (χ0) is 14.7. The lowest BCUT2D eigenvalue weighted by Crippen LogP contribution is -2.27. The molecule has 0 aliphatic heterocycles. The lowest BCUT2D eigenvalue weighted by atomic mass is 9.98. The topological polar surface area (TPSA) is 38.3 Å². The van der Waals surface area contributed by atoms with Gasteiger partial charge in [-0.25, -0.2) is 4.79 Å². The van der Waals surface area contributed by atoms with Crippen molar-refractivity contribution in [1.29, 1.82) is 0 Å². The molecule has 3 rings (SSSR count). The fourth-order valence-electron chi connectivity index (χ4n) is 2.80. The summed E-state index contributed by atoms with van der Waals surface area (Å²) >= 11 is 2.22. The Morgan fingerprint density at radius 3 is 2.19 bits per heavy atom. The second-order valence-corrected chi connectivity index (χ2v) is 6.02. The molecule has 0 atom stereocenters. The van der Waals surface area contributed by atoms with Crippen molar-refractivity contribution in [3.05, 3.63) is 59.7 Å². The molecule has 3 nitrogen and oxygen atoms in total. The van der Waals surface area contributed by atoms with E-state index >= 15 is 0 Å². The van der Waals surface area contributed by atoms with Crippen LogP contribution >= 0.6 is 22.6 Å². The maximum absolute atomic E-state index is 11.6. The van der Waals surface area contributed by atoms with Crippen LogP contribution in [-0.4, -0.2) is 23.7 Å². The van der Waals surface area contributed by atoms with E-state index in [4.69, 9.17) is 4.74 Å². The summed E-state index contributed by atoms with van der Waals surface area (Å²) in [4.78, 5) is 11.6. The summed E-state index contributed by atoms with van der Waals surface area (Å²) in [5.74, 6) is 0.128. The molecule has 2 aromatic carbocycles. The third kappa shape index (κ3) is 2.90. The minimum Gasteiger partial charge on any atom is -0.449 e. The smallest absolute Gasteiger partial charge is 0.407 e. The van der Waals surface area contributed by atoms with E-state index in [-0.39, 0.29) is 12.0 Å². The van der Waals surface area contributed by atoms with Crippen LogP contribution in [0.2, 0.25) is 0 Å². The first-order valence-corrected chi connectivity index (χ1v) is 8.48. The SMILES string of the molecule is O=C(NCCI)OCC1c2ccccc2-c2ccccc21. The predicted octanol–water partition coefficient (Wildman–Crippen LogP) is 3.96. The molecule has 0 spiro atoms. The minimum atomic E-state index is -0.339. The summed E-state index contributed by atoms with van der Waals surface area (Å²) in [6.07, 6.45) is -0.339. The van der Waals surface area contributed by atoms with Crippen molar-refractivity contribution in [3.8, 4) is 11.1 Å². The average Bonchev–Trinajstić information content (AvgIpc) is 2.85. The van der Waals surface area contributed by atoms with Crippen LogP contribution in [0.4, 0.5) is 4.79 Å². The van der Waals surface area contributed by atoms with Crippen molar-refractivity contribution in [2.75, 3.05) is 17.6 Å². The maximum atomic E-state index is 11.6. The third-order valence-corrected chi connectivity index (χ3v) is 4.25. The molecule has 1 N–H and O–H groups in total. The fraction of sp³-hybridized carbons (Fsp3) is 0.235. The highest BCUT2D eigenvalue weighted by Gasteiger charge is 2.28. The third-order valence-electron chi connectivity index (χ3n) is 3.71. The quantitative estimate of drug-likeness (QED) is 0.631. The van der Waals surface area contributed by atoms with E-state index in [9.17, 15) is 4.79 Å². The van der Waals surface area contributed by atoms with Crippen molar-refractivity contribution in [2.45, 2.75) is 5.92 Å². The number of nitrogens with one attached hydrogen (secondary N) is 1. The van der Waals surface area contributed by atoms with Gasteiger partial charge in [0.1, 0.15) is 6.61 Å². The van der Waals surface area contributed by atoms with Gasteiger partial charge in [0, 0.05) is 16.9 Å². The molecule has 0 unspecified atom stereocenters. The van der Waals surface area contributed by atoms with E-state index in [2.05, 4.69) is 52.2 Å². The van der Waals surface area contributed by atoms with Gasteiger partial charge in [0.15, 0.2) is 0 Å². The molecule has 0 saturated carbocycles. The number of amides is 1. The summed E-state index contributed by atoms with van der Waals surface area (Å²) in [5.41, 5.74) is 4.96. The van der Waals surface area contributed by atoms with Crippen LogP contribution in [0.1, 0.15) is 17.0 Å². The van der Waals surface area contributed by atoms with Crippen LogP contribution in [-0.2, 0) is 4.74 Å². The Morgan fingerprint density at radius 1 is 1.05 bits per heavy atom. The Bertz CT molecular complexity index is 611. The first kappa shape index (κ1) is 14.4. The summed E-state index contributed by atoms with van der Waals surface area (Å²) in [5, 5.41) is 2.74. The van der Waals surface area contributed by atoms with E-state index in [0.717, 1.165) is 4.43 Å². The Kier molecular flexibility index (Phi) is 4.43. The second-order valence-electron chi connectivity index (χ2n) is 4.94. The molecule has 0 fully saturated rings. The number of carbonyl (C=O) groups excluding carboxylic acids is 1. The Balaban J connectivity index is 1.81. The zero-order valence-electron chi connectivity index (χ0n) is 11.5. The minimum absolute atomic E-state index is 0.128. The van der Waals surface area contributed by atoms with E-state index in [1.165, 1.54) is 22.3 Å². The largest absolute Gasteiger partial charge is 0.449 e. The van der Waals surface area contributed by atoms with Crippen molar-refractivity contribution in [1.82, 2.24) is 5.32 Å². The van der Waals surface area contributed by atoms with Gasteiger partial charge in [0.05, 0.1) is 0 Å². The highest BCUT2D eigenvalue weighted by Crippen LogP contribution is 2.44. The molecule has 0 heterocycles. The van der Waals surface area contributed by atoms with Crippen molar-refractivity contribution < 1.29 is 9.53 Å². The molecule has 1 amide bonds. The Morgan fingerprint density at radius 2 is 1.62 bits per heavy atom. The van der Waals surface area contributed by atoms with Gasteiger partial charge in [-0.3, -0.25) is 0 Å². The summed E-state index contributed by atoms with van der Waals surface area (Å²) in [6, 6.07) is 16.7. The van der Waals surface area contributed by atoms with E-state index < -0.39 is 0 Å². The lowest BCUT2D eigenvalue weighted by Gasteiger charge is -2.14. The number of fused-ring (bicyclic) bond motifs is 3. The lowest BCUT2D eigenvalue weighted by molar-refractivity contribution is 0.143. The number of benzene rings is 2. The summed E-state index contributed by atoms with van der Waals surface area (Å²) < 4.78 is 6.27. The van der Waals surface area contributed by atoms with Gasteiger partial charge in [-0.1, -0.05) is 71.1 Å². The highest BCUT2D eigenvalue weighted by molar-refractivity contribution is 14.1. The molecule has 4 heteroatoms. The normalized spacial score (nSPS) is 12.6. The molecule has 0 aromatic heterocycles. The number of hydrogen-bond acceptors (Lipinski definition) is 2. The first-order valence-electron chi connectivity index (χ1n) is 6.96. The van der Waals surface area contributed by atoms with Gasteiger partial charge in [-0.15, -0.1) is 0 Å². The molecular formula is C17H16INO2. The van der Waals surface area contributed by atoms with Gasteiger partial charge < -0.3 is 10.1 Å². The number of rotatable bonds is 4. The fourth-order valence-corrected chi connectivity index (χ4v) is 3.07. The van der Waals surface area contributed by atoms with Crippen molar-refractivity contribution in [3.63, 3.8) is 0 Å². The van der Waals surface area contributed by atoms with Gasteiger partial charge in [-0.2, -0.15) is 0 Å². The standard InChI is InChI=1S/C17H16INO2/c18-9-10-19-17(20)21-11-16-14-7-3-1-5-12(14)13-6-2-4-8-15(13)16/h1-8,16H,9-11H2,(H,19,20). The molecule has 1 aliphatic rings. The molecule has 0 bridgehead atoms. The monoisotopic (exact) mass is 393 g/mol. The number of ether oxygens (including phenoxy) is 1. The summed E-state index contributed by atoms with van der Waals surface area (Å²) in [7, 11) is 0. The second kappa shape index (κ2) is 6.47. The van der Waals surface area contributed by atoms with Gasteiger partial charge >= 0.3 is 6.09 Å². The van der Waals surface area contributed by atoms with Gasteiger partial charge in [-0.05, 0) is 22.3 Å².